The van der Waals surface area contributed by atoms with E-state index in [0.717, 1.165) is 47.4 Å². The van der Waals surface area contributed by atoms with E-state index in [0.29, 0.717) is 19.6 Å². The third-order valence-corrected chi connectivity index (χ3v) is 6.94. The van der Waals surface area contributed by atoms with Gasteiger partial charge in [0.05, 0.1) is 25.3 Å². The van der Waals surface area contributed by atoms with Crippen LogP contribution in [-0.2, 0) is 6.54 Å². The first-order valence-electron chi connectivity index (χ1n) is 10.8. The largest absolute Gasteiger partial charge is 0.497 e. The van der Waals surface area contributed by atoms with E-state index in [9.17, 15) is 9.90 Å². The number of piperidine rings is 1. The number of likely N-dealkylation sites (tertiary alicyclic amines) is 1. The third kappa shape index (κ3) is 4.73. The minimum Gasteiger partial charge on any atom is -0.497 e. The average molecular weight is 488 g/mol. The van der Waals surface area contributed by atoms with Crippen molar-refractivity contribution < 1.29 is 14.6 Å². The minimum absolute atomic E-state index is 0.0501. The van der Waals surface area contributed by atoms with E-state index in [2.05, 4.69) is 25.7 Å². The molecule has 0 unspecified atom stereocenters. The molecule has 1 N–H and O–H groups in total. The van der Waals surface area contributed by atoms with E-state index in [1.165, 1.54) is 0 Å². The molecule has 4 rings (SSSR count). The highest BCUT2D eigenvalue weighted by atomic mass is 79.9. The maximum atomic E-state index is 13.6. The van der Waals surface area contributed by atoms with Gasteiger partial charge in [0.15, 0.2) is 0 Å². The van der Waals surface area contributed by atoms with E-state index in [1.807, 2.05) is 60.4 Å². The molecule has 0 radical (unpaired) electrons. The lowest BCUT2D eigenvalue weighted by atomic mass is 9.86. The number of β-amino-alcohol motifs (C(OH)–C–C–N with tert-alkyl or cyclic N) is 1. The van der Waals surface area contributed by atoms with Crippen LogP contribution < -0.4 is 9.64 Å². The number of ether oxygens (including phenoxy) is 1. The molecule has 2 fully saturated rings. The van der Waals surface area contributed by atoms with Crippen molar-refractivity contribution in [2.24, 2.45) is 0 Å². The number of aliphatic hydroxyl groups excluding tert-OH is 1. The summed E-state index contributed by atoms with van der Waals surface area (Å²) in [5.41, 5.74) is 1.77. The fraction of sp³-hybridized carbons (Fsp3) is 0.458. The Morgan fingerprint density at radius 1 is 1.16 bits per heavy atom. The highest BCUT2D eigenvalue weighted by Gasteiger charge is 2.51. The van der Waals surface area contributed by atoms with Gasteiger partial charge >= 0.3 is 6.03 Å². The van der Waals surface area contributed by atoms with Crippen molar-refractivity contribution in [2.45, 2.75) is 38.0 Å². The summed E-state index contributed by atoms with van der Waals surface area (Å²) < 4.78 is 6.38. The summed E-state index contributed by atoms with van der Waals surface area (Å²) in [6.07, 6.45) is 1.44. The van der Waals surface area contributed by atoms with Crippen molar-refractivity contribution in [3.05, 3.63) is 58.6 Å². The Bertz CT molecular complexity index is 911. The summed E-state index contributed by atoms with van der Waals surface area (Å²) in [6, 6.07) is 15.9. The molecule has 7 heteroatoms. The van der Waals surface area contributed by atoms with Crippen molar-refractivity contribution >= 4 is 27.6 Å². The Hall–Kier alpha value is -2.09. The van der Waals surface area contributed by atoms with Crippen molar-refractivity contribution in [1.29, 1.82) is 0 Å². The summed E-state index contributed by atoms with van der Waals surface area (Å²) in [7, 11) is 1.66. The number of amides is 2. The molecule has 6 nitrogen and oxygen atoms in total. The number of aliphatic hydroxyl groups is 1. The molecule has 2 aromatic rings. The normalized spacial score (nSPS) is 19.8. The predicted octanol–water partition coefficient (Wildman–Crippen LogP) is 4.12. The molecule has 0 saturated carbocycles. The molecule has 2 amide bonds. The summed E-state index contributed by atoms with van der Waals surface area (Å²) in [6.45, 7) is 5.49. The van der Waals surface area contributed by atoms with Gasteiger partial charge in [-0.3, -0.25) is 4.90 Å². The smallest absolute Gasteiger partial charge is 0.325 e. The lowest BCUT2D eigenvalue weighted by molar-refractivity contribution is 0.0488. The van der Waals surface area contributed by atoms with E-state index in [4.69, 9.17) is 4.74 Å². The van der Waals surface area contributed by atoms with E-state index in [-0.39, 0.29) is 17.7 Å². The van der Waals surface area contributed by atoms with Gasteiger partial charge in [0, 0.05) is 36.3 Å². The number of benzene rings is 2. The number of hydrogen-bond donors (Lipinski definition) is 1. The van der Waals surface area contributed by atoms with Gasteiger partial charge in [-0.05, 0) is 61.7 Å². The highest BCUT2D eigenvalue weighted by molar-refractivity contribution is 9.10. The standard InChI is InChI=1S/C24H30BrN3O3/c1-18(29)15-26-12-10-24(11-13-26)17-27(21-8-6-20(25)7-9-21)23(30)28(24)16-19-4-3-5-22(14-19)31-2/h3-9,14,18,29H,10-13,15-17H2,1-2H3/t18-/m1/s1. The van der Waals surface area contributed by atoms with Gasteiger partial charge in [0.2, 0.25) is 0 Å². The third-order valence-electron chi connectivity index (χ3n) is 6.41. The summed E-state index contributed by atoms with van der Waals surface area (Å²) in [5.74, 6) is 0.801. The van der Waals surface area contributed by atoms with Crippen molar-refractivity contribution in [2.75, 3.05) is 38.2 Å². The molecular weight excluding hydrogens is 458 g/mol. The number of carbonyl (C=O) groups excluding carboxylic acids is 1. The number of carbonyl (C=O) groups is 1. The molecule has 2 saturated heterocycles. The molecule has 0 aliphatic carbocycles. The monoisotopic (exact) mass is 487 g/mol. The van der Waals surface area contributed by atoms with Crippen LogP contribution in [0.4, 0.5) is 10.5 Å². The number of hydrogen-bond acceptors (Lipinski definition) is 4. The highest BCUT2D eigenvalue weighted by Crippen LogP contribution is 2.39. The molecule has 2 aliphatic rings. The van der Waals surface area contributed by atoms with Crippen LogP contribution in [0, 0.1) is 0 Å². The topological polar surface area (TPSA) is 56.2 Å². The lowest BCUT2D eigenvalue weighted by Gasteiger charge is -2.44. The van der Waals surface area contributed by atoms with E-state index < -0.39 is 0 Å². The van der Waals surface area contributed by atoms with Crippen LogP contribution >= 0.6 is 15.9 Å². The number of urea groups is 1. The maximum absolute atomic E-state index is 13.6. The predicted molar refractivity (Wildman–Crippen MR) is 126 cm³/mol. The van der Waals surface area contributed by atoms with Crippen LogP contribution in [0.25, 0.3) is 0 Å². The van der Waals surface area contributed by atoms with Crippen LogP contribution in [0.15, 0.2) is 53.0 Å². The summed E-state index contributed by atoms with van der Waals surface area (Å²) in [5, 5.41) is 9.78. The minimum atomic E-state index is -0.341. The molecule has 2 aromatic carbocycles. The second-order valence-corrected chi connectivity index (χ2v) is 9.57. The Labute approximate surface area is 192 Å². The lowest BCUT2D eigenvalue weighted by Crippen LogP contribution is -2.54. The van der Waals surface area contributed by atoms with Crippen LogP contribution in [-0.4, -0.2) is 65.9 Å². The first kappa shape index (κ1) is 22.1. The molecule has 166 valence electrons. The average Bonchev–Trinajstić information content (AvgIpc) is 3.02. The Morgan fingerprint density at radius 3 is 2.52 bits per heavy atom. The molecule has 2 heterocycles. The van der Waals surface area contributed by atoms with Gasteiger partial charge in [-0.1, -0.05) is 28.1 Å². The van der Waals surface area contributed by atoms with Gasteiger partial charge in [-0.2, -0.15) is 0 Å². The fourth-order valence-electron chi connectivity index (χ4n) is 4.76. The molecule has 0 aromatic heterocycles. The second-order valence-electron chi connectivity index (χ2n) is 8.66. The Kier molecular flexibility index (Phi) is 6.55. The Balaban J connectivity index is 1.61. The number of halogens is 1. The fourth-order valence-corrected chi connectivity index (χ4v) is 5.03. The molecule has 0 bridgehead atoms. The van der Waals surface area contributed by atoms with Gasteiger partial charge < -0.3 is 19.6 Å². The second kappa shape index (κ2) is 9.18. The SMILES string of the molecule is COc1cccc(CN2C(=O)N(c3ccc(Br)cc3)CC23CCN(C[C@@H](C)O)CC3)c1. The van der Waals surface area contributed by atoms with E-state index in [1.54, 1.807) is 7.11 Å². The number of rotatable bonds is 6. The van der Waals surface area contributed by atoms with Gasteiger partial charge in [0.1, 0.15) is 5.75 Å². The summed E-state index contributed by atoms with van der Waals surface area (Å²) in [4.78, 5) is 19.9. The molecule has 1 atom stereocenters. The van der Waals surface area contributed by atoms with Gasteiger partial charge in [-0.25, -0.2) is 4.79 Å². The molecular formula is C24H30BrN3O3. The zero-order valence-corrected chi connectivity index (χ0v) is 19.7. The molecule has 1 spiro atoms. The summed E-state index contributed by atoms with van der Waals surface area (Å²) >= 11 is 3.48. The van der Waals surface area contributed by atoms with Crippen LogP contribution in [0.1, 0.15) is 25.3 Å². The first-order valence-corrected chi connectivity index (χ1v) is 11.6. The van der Waals surface area contributed by atoms with Crippen molar-refractivity contribution in [3.63, 3.8) is 0 Å². The molecule has 31 heavy (non-hydrogen) atoms. The quantitative estimate of drug-likeness (QED) is 0.665. The molecule has 2 aliphatic heterocycles. The van der Waals surface area contributed by atoms with E-state index >= 15 is 0 Å². The van der Waals surface area contributed by atoms with Crippen LogP contribution in [0.3, 0.4) is 0 Å². The Morgan fingerprint density at radius 2 is 1.87 bits per heavy atom. The first-order chi connectivity index (χ1) is 14.9. The van der Waals surface area contributed by atoms with Crippen molar-refractivity contribution in [3.8, 4) is 5.75 Å². The number of anilines is 1. The number of nitrogens with zero attached hydrogens (tertiary/aromatic N) is 3. The van der Waals surface area contributed by atoms with Crippen LogP contribution in [0.5, 0.6) is 5.75 Å². The van der Waals surface area contributed by atoms with Crippen molar-refractivity contribution in [1.82, 2.24) is 9.80 Å². The number of methoxy groups -OCH3 is 1. The maximum Gasteiger partial charge on any atom is 0.325 e. The zero-order valence-electron chi connectivity index (χ0n) is 18.1. The van der Waals surface area contributed by atoms with Crippen LogP contribution in [0.2, 0.25) is 0 Å². The zero-order chi connectivity index (χ0) is 22.0. The van der Waals surface area contributed by atoms with Gasteiger partial charge in [0.25, 0.3) is 0 Å². The van der Waals surface area contributed by atoms with Gasteiger partial charge in [-0.15, -0.1) is 0 Å².